The van der Waals surface area contributed by atoms with Crippen LogP contribution in [0.15, 0.2) is 57.8 Å². The van der Waals surface area contributed by atoms with Crippen LogP contribution in [-0.2, 0) is 16.6 Å². The highest BCUT2D eigenvalue weighted by Gasteiger charge is 2.28. The summed E-state index contributed by atoms with van der Waals surface area (Å²) in [6, 6.07) is 5.54. The largest absolute Gasteiger partial charge is 0.384 e. The lowest BCUT2D eigenvalue weighted by Gasteiger charge is -2.18. The highest BCUT2D eigenvalue weighted by Crippen LogP contribution is 2.33. The zero-order valence-electron chi connectivity index (χ0n) is 19.7. The molecule has 2 aromatic carbocycles. The summed E-state index contributed by atoms with van der Waals surface area (Å²) < 4.78 is 102. The maximum atomic E-state index is 15.7. The van der Waals surface area contributed by atoms with Crippen LogP contribution in [0.3, 0.4) is 0 Å². The van der Waals surface area contributed by atoms with E-state index in [1.54, 1.807) is 0 Å². The van der Waals surface area contributed by atoms with Crippen molar-refractivity contribution in [1.82, 2.24) is 14.5 Å². The molecular weight excluding hydrogens is 565 g/mol. The highest BCUT2D eigenvalue weighted by atomic mass is 32.2. The predicted molar refractivity (Wildman–Crippen MR) is 137 cm³/mol. The lowest BCUT2D eigenvalue weighted by Crippen LogP contribution is -2.30. The molecule has 8 nitrogen and oxygen atoms in total. The molecule has 0 spiro atoms. The molecule has 0 atom stereocenters. The van der Waals surface area contributed by atoms with Crippen LogP contribution in [0.2, 0.25) is 0 Å². The number of hydrogen-bond donors (Lipinski definition) is 2. The van der Waals surface area contributed by atoms with Crippen LogP contribution in [-0.4, -0.2) is 28.9 Å². The monoisotopic (exact) mass is 581 g/mol. The van der Waals surface area contributed by atoms with Gasteiger partial charge in [0.2, 0.25) is 0 Å². The van der Waals surface area contributed by atoms with Crippen LogP contribution < -0.4 is 16.0 Å². The van der Waals surface area contributed by atoms with Crippen molar-refractivity contribution >= 4 is 54.0 Å². The summed E-state index contributed by atoms with van der Waals surface area (Å²) in [5, 5.41) is 0.0627. The van der Waals surface area contributed by atoms with Gasteiger partial charge in [0, 0.05) is 30.6 Å². The fraction of sp³-hybridized carbons (Fsp3) is 0.125. The zero-order valence-corrected chi connectivity index (χ0v) is 21.3. The topological polar surface area (TPSA) is 120 Å². The molecule has 0 aliphatic carbocycles. The summed E-state index contributed by atoms with van der Waals surface area (Å²) in [5.74, 6) is -7.44. The normalized spacial score (nSPS) is 12.4. The number of nitrogens with zero attached hydrogens (tertiary/aromatic N) is 3. The number of nitrogens with two attached hydrogens (primary N) is 1. The summed E-state index contributed by atoms with van der Waals surface area (Å²) in [4.78, 5) is 20.2. The molecule has 0 aliphatic heterocycles. The number of aromatic nitrogens is 3. The van der Waals surface area contributed by atoms with Crippen molar-refractivity contribution in [3.8, 4) is 11.1 Å². The molecule has 0 aliphatic rings. The second-order valence-corrected chi connectivity index (χ2v) is 11.2. The third-order valence-corrected chi connectivity index (χ3v) is 7.89. The van der Waals surface area contributed by atoms with Gasteiger partial charge in [0.05, 0.1) is 44.6 Å². The van der Waals surface area contributed by atoms with Crippen LogP contribution in [0, 0.1) is 17.5 Å². The van der Waals surface area contributed by atoms with Crippen LogP contribution >= 0.6 is 11.3 Å². The van der Waals surface area contributed by atoms with E-state index in [4.69, 9.17) is 5.73 Å². The first-order valence-electron chi connectivity index (χ1n) is 11.0. The first-order chi connectivity index (χ1) is 18.2. The Morgan fingerprint density at radius 1 is 1.08 bits per heavy atom. The maximum Gasteiger partial charge on any atom is 0.264 e. The Kier molecular flexibility index (Phi) is 6.30. The fourth-order valence-electron chi connectivity index (χ4n) is 4.04. The SMILES string of the molecule is CC(F)(F)Cn1c(=O)c(-c2c(F)ccc(NS(=O)(=O)c3cc4scnc4cc3F)c2F)cc2cnc(N)cc21. The molecule has 0 radical (unpaired) electrons. The Labute approximate surface area is 220 Å². The smallest absolute Gasteiger partial charge is 0.264 e. The quantitative estimate of drug-likeness (QED) is 0.269. The first kappa shape index (κ1) is 26.5. The molecule has 0 saturated carbocycles. The number of halogens is 5. The van der Waals surface area contributed by atoms with Crippen molar-refractivity contribution in [2.45, 2.75) is 24.3 Å². The lowest BCUT2D eigenvalue weighted by atomic mass is 10.0. The molecule has 3 heterocycles. The maximum absolute atomic E-state index is 15.7. The third kappa shape index (κ3) is 4.90. The number of anilines is 2. The average Bonchev–Trinajstić information content (AvgIpc) is 3.30. The Morgan fingerprint density at radius 3 is 2.54 bits per heavy atom. The molecule has 3 aromatic heterocycles. The lowest BCUT2D eigenvalue weighted by molar-refractivity contribution is 0.00422. The van der Waals surface area contributed by atoms with Crippen molar-refractivity contribution in [2.24, 2.45) is 0 Å². The second kappa shape index (κ2) is 9.27. The van der Waals surface area contributed by atoms with Crippen LogP contribution in [0.4, 0.5) is 33.5 Å². The van der Waals surface area contributed by atoms with Crippen LogP contribution in [0.25, 0.3) is 32.2 Å². The summed E-state index contributed by atoms with van der Waals surface area (Å²) in [6.45, 7) is -0.587. The molecule has 15 heteroatoms. The molecule has 3 N–H and O–H groups in total. The molecular formula is C24H16F5N5O3S2. The van der Waals surface area contributed by atoms with Crippen LogP contribution in [0.1, 0.15) is 6.92 Å². The van der Waals surface area contributed by atoms with Gasteiger partial charge >= 0.3 is 0 Å². The van der Waals surface area contributed by atoms with Crippen molar-refractivity contribution in [2.75, 3.05) is 10.5 Å². The fourth-order valence-corrected chi connectivity index (χ4v) is 5.96. The standard InChI is InChI=1S/C24H16F5N5O3S2/c1-24(28,29)9-34-17-6-20(30)31-8-11(17)4-12(23(34)35)21-13(25)2-3-15(22(21)27)33-39(36,37)19-7-18-16(5-14(19)26)32-10-38-18/h2-8,10,33H,9H2,1H3,(H2,30,31). The van der Waals surface area contributed by atoms with Gasteiger partial charge in [-0.05, 0) is 24.3 Å². The third-order valence-electron chi connectivity index (χ3n) is 5.71. The van der Waals surface area contributed by atoms with Gasteiger partial charge in [0.1, 0.15) is 22.3 Å². The van der Waals surface area contributed by atoms with E-state index in [0.29, 0.717) is 22.3 Å². The number of fused-ring (bicyclic) bond motifs is 2. The molecule has 5 rings (SSSR count). The zero-order chi connectivity index (χ0) is 28.3. The van der Waals surface area contributed by atoms with E-state index < -0.39 is 67.2 Å². The van der Waals surface area contributed by atoms with E-state index in [0.717, 1.165) is 47.9 Å². The number of benzene rings is 2. The molecule has 39 heavy (non-hydrogen) atoms. The van der Waals surface area contributed by atoms with Gasteiger partial charge in [-0.1, -0.05) is 0 Å². The Hall–Kier alpha value is -4.11. The molecule has 0 saturated heterocycles. The van der Waals surface area contributed by atoms with Crippen molar-refractivity contribution < 1.29 is 30.4 Å². The summed E-state index contributed by atoms with van der Waals surface area (Å²) in [5.41, 5.74) is 3.54. The second-order valence-electron chi connectivity index (χ2n) is 8.68. The van der Waals surface area contributed by atoms with Gasteiger partial charge in [0.25, 0.3) is 21.5 Å². The Bertz CT molecular complexity index is 1950. The molecule has 0 unspecified atom stereocenters. The average molecular weight is 582 g/mol. The molecule has 0 amide bonds. The molecule has 202 valence electrons. The summed E-state index contributed by atoms with van der Waals surface area (Å²) in [7, 11) is -4.74. The van der Waals surface area contributed by atoms with Gasteiger partial charge < -0.3 is 10.3 Å². The number of alkyl halides is 2. The number of nitrogens with one attached hydrogen (secondary N) is 1. The van der Waals surface area contributed by atoms with Crippen molar-refractivity contribution in [3.63, 3.8) is 0 Å². The van der Waals surface area contributed by atoms with E-state index in [1.165, 1.54) is 5.51 Å². The summed E-state index contributed by atoms with van der Waals surface area (Å²) >= 11 is 1.05. The first-order valence-corrected chi connectivity index (χ1v) is 13.3. The number of thiazole rings is 1. The summed E-state index contributed by atoms with van der Waals surface area (Å²) in [6.07, 6.45) is 1.14. The van der Waals surface area contributed by atoms with Crippen molar-refractivity contribution in [1.29, 1.82) is 0 Å². The predicted octanol–water partition coefficient (Wildman–Crippen LogP) is 5.13. The molecule has 5 aromatic rings. The van der Waals surface area contributed by atoms with E-state index >= 15 is 4.39 Å². The van der Waals surface area contributed by atoms with Gasteiger partial charge in [-0.25, -0.2) is 40.3 Å². The van der Waals surface area contributed by atoms with E-state index in [2.05, 4.69) is 9.97 Å². The van der Waals surface area contributed by atoms with Crippen LogP contribution in [0.5, 0.6) is 0 Å². The number of sulfonamides is 1. The number of pyridine rings is 2. The van der Waals surface area contributed by atoms with Gasteiger partial charge in [-0.15, -0.1) is 11.3 Å². The Morgan fingerprint density at radius 2 is 1.82 bits per heavy atom. The minimum absolute atomic E-state index is 0.0515. The van der Waals surface area contributed by atoms with E-state index in [-0.39, 0.29) is 22.2 Å². The van der Waals surface area contributed by atoms with Gasteiger partial charge in [-0.3, -0.25) is 9.52 Å². The van der Waals surface area contributed by atoms with E-state index in [9.17, 15) is 30.8 Å². The number of rotatable bonds is 6. The molecule has 0 fully saturated rings. The highest BCUT2D eigenvalue weighted by molar-refractivity contribution is 7.92. The van der Waals surface area contributed by atoms with Gasteiger partial charge in [0.15, 0.2) is 5.82 Å². The minimum Gasteiger partial charge on any atom is -0.384 e. The number of nitrogen functional groups attached to an aromatic ring is 1. The number of hydrogen-bond acceptors (Lipinski definition) is 7. The Balaban J connectivity index is 1.67. The molecule has 0 bridgehead atoms. The minimum atomic E-state index is -4.74. The van der Waals surface area contributed by atoms with Gasteiger partial charge in [-0.2, -0.15) is 0 Å². The van der Waals surface area contributed by atoms with Crippen molar-refractivity contribution in [3.05, 3.63) is 75.9 Å². The van der Waals surface area contributed by atoms with E-state index in [1.807, 2.05) is 4.72 Å².